The van der Waals surface area contributed by atoms with Gasteiger partial charge in [0, 0.05) is 18.0 Å². The third kappa shape index (κ3) is 3.05. The lowest BCUT2D eigenvalue weighted by atomic mass is 9.82. The summed E-state index contributed by atoms with van der Waals surface area (Å²) >= 11 is 5.86. The summed E-state index contributed by atoms with van der Waals surface area (Å²) in [5.41, 5.74) is -1.13. The first kappa shape index (κ1) is 15.9. The van der Waals surface area contributed by atoms with Gasteiger partial charge >= 0.3 is 0 Å². The van der Waals surface area contributed by atoms with E-state index in [0.29, 0.717) is 11.1 Å². The van der Waals surface area contributed by atoms with Crippen LogP contribution in [-0.2, 0) is 11.4 Å². The number of likely N-dealkylation sites (N-methyl/N-ethyl adjacent to an activating group) is 1. The average Bonchev–Trinajstić information content (AvgIpc) is 2.35. The van der Waals surface area contributed by atoms with Crippen LogP contribution in [-0.4, -0.2) is 28.8 Å². The highest BCUT2D eigenvalue weighted by molar-refractivity contribution is 6.31. The lowest BCUT2D eigenvalue weighted by Gasteiger charge is -2.30. The molecule has 0 aliphatic rings. The minimum atomic E-state index is -1.74. The number of halogens is 2. The Hall–Kier alpha value is -1.17. The highest BCUT2D eigenvalue weighted by Crippen LogP contribution is 2.34. The van der Waals surface area contributed by atoms with E-state index in [1.165, 1.54) is 20.0 Å². The van der Waals surface area contributed by atoms with Gasteiger partial charge in [-0.3, -0.25) is 4.79 Å². The summed E-state index contributed by atoms with van der Waals surface area (Å²) in [6.07, 6.45) is 0. The van der Waals surface area contributed by atoms with E-state index in [1.54, 1.807) is 6.92 Å². The Kier molecular flexibility index (Phi) is 4.90. The smallest absolute Gasteiger partial charge is 0.252 e. The topological polar surface area (TPSA) is 69.6 Å². The molecule has 1 rings (SSSR count). The van der Waals surface area contributed by atoms with Crippen LogP contribution in [0, 0.1) is 5.82 Å². The third-order valence-corrected chi connectivity index (χ3v) is 3.69. The monoisotopic (exact) mass is 289 g/mol. The summed E-state index contributed by atoms with van der Waals surface area (Å²) in [5, 5.41) is 22.0. The van der Waals surface area contributed by atoms with Gasteiger partial charge in [-0.05, 0) is 30.2 Å². The zero-order valence-corrected chi connectivity index (χ0v) is 11.8. The second-order valence-electron chi connectivity index (χ2n) is 4.56. The molecule has 0 aliphatic carbocycles. The maximum Gasteiger partial charge on any atom is 0.252 e. The van der Waals surface area contributed by atoms with Crippen molar-refractivity contribution in [3.05, 3.63) is 34.1 Å². The Morgan fingerprint density at radius 1 is 1.58 bits per heavy atom. The molecule has 0 aliphatic heterocycles. The van der Waals surface area contributed by atoms with Crippen LogP contribution in [0.4, 0.5) is 4.39 Å². The summed E-state index contributed by atoms with van der Waals surface area (Å²) in [7, 11) is 1.40. The SMILES string of the molecule is CNC(=O)C(C)(O)[C@@H](C)c1cc(F)cc(Cl)c1CO. The Morgan fingerprint density at radius 3 is 2.63 bits per heavy atom. The molecule has 0 bridgehead atoms. The van der Waals surface area contributed by atoms with E-state index >= 15 is 0 Å². The van der Waals surface area contributed by atoms with E-state index < -0.39 is 29.9 Å². The van der Waals surface area contributed by atoms with Gasteiger partial charge in [0.2, 0.25) is 0 Å². The lowest BCUT2D eigenvalue weighted by molar-refractivity contribution is -0.139. The van der Waals surface area contributed by atoms with Crippen LogP contribution in [0.15, 0.2) is 12.1 Å². The van der Waals surface area contributed by atoms with Crippen LogP contribution in [0.5, 0.6) is 0 Å². The first-order chi connectivity index (χ1) is 8.75. The zero-order chi connectivity index (χ0) is 14.8. The quantitative estimate of drug-likeness (QED) is 0.788. The highest BCUT2D eigenvalue weighted by atomic mass is 35.5. The van der Waals surface area contributed by atoms with Crippen LogP contribution >= 0.6 is 11.6 Å². The van der Waals surface area contributed by atoms with Gasteiger partial charge in [0.15, 0.2) is 0 Å². The van der Waals surface area contributed by atoms with E-state index in [-0.39, 0.29) is 5.02 Å². The molecular formula is C13H17ClFNO3. The van der Waals surface area contributed by atoms with Gasteiger partial charge in [-0.15, -0.1) is 0 Å². The second-order valence-corrected chi connectivity index (χ2v) is 4.97. The zero-order valence-electron chi connectivity index (χ0n) is 11.0. The molecule has 0 spiro atoms. The standard InChI is InChI=1S/C13H17ClFNO3/c1-7(13(2,19)12(18)16-3)9-4-8(15)5-11(14)10(9)6-17/h4-5,7,17,19H,6H2,1-3H3,(H,16,18)/t7-,13?/m0/s1. The molecule has 1 amide bonds. The van der Waals surface area contributed by atoms with Gasteiger partial charge in [0.25, 0.3) is 5.91 Å². The third-order valence-electron chi connectivity index (χ3n) is 3.35. The number of hydrogen-bond donors (Lipinski definition) is 3. The fourth-order valence-electron chi connectivity index (χ4n) is 1.93. The van der Waals surface area contributed by atoms with Crippen LogP contribution in [0.1, 0.15) is 30.9 Å². The summed E-state index contributed by atoms with van der Waals surface area (Å²) < 4.78 is 13.4. The van der Waals surface area contributed by atoms with Gasteiger partial charge < -0.3 is 15.5 Å². The number of benzene rings is 1. The molecule has 1 aromatic carbocycles. The van der Waals surface area contributed by atoms with Crippen LogP contribution in [0.3, 0.4) is 0 Å². The molecule has 6 heteroatoms. The van der Waals surface area contributed by atoms with E-state index in [9.17, 15) is 19.4 Å². The maximum absolute atomic E-state index is 13.4. The number of carbonyl (C=O) groups excluding carboxylic acids is 1. The average molecular weight is 290 g/mol. The fraction of sp³-hybridized carbons (Fsp3) is 0.462. The van der Waals surface area contributed by atoms with Gasteiger partial charge in [-0.1, -0.05) is 18.5 Å². The molecule has 2 atom stereocenters. The number of rotatable bonds is 4. The molecule has 106 valence electrons. The first-order valence-electron chi connectivity index (χ1n) is 5.78. The van der Waals surface area contributed by atoms with Crippen LogP contribution in [0.2, 0.25) is 5.02 Å². The van der Waals surface area contributed by atoms with Crippen molar-refractivity contribution in [1.82, 2.24) is 5.32 Å². The Bertz CT molecular complexity index is 491. The van der Waals surface area contributed by atoms with Crippen molar-refractivity contribution in [3.63, 3.8) is 0 Å². The molecule has 0 aromatic heterocycles. The summed E-state index contributed by atoms with van der Waals surface area (Å²) in [4.78, 5) is 11.7. The molecule has 0 heterocycles. The molecule has 1 unspecified atom stereocenters. The molecule has 4 nitrogen and oxygen atoms in total. The highest BCUT2D eigenvalue weighted by Gasteiger charge is 2.38. The molecule has 0 fully saturated rings. The summed E-state index contributed by atoms with van der Waals surface area (Å²) in [6.45, 7) is 2.50. The van der Waals surface area contributed by atoms with E-state index in [4.69, 9.17) is 11.6 Å². The lowest BCUT2D eigenvalue weighted by Crippen LogP contribution is -2.47. The van der Waals surface area contributed by atoms with Gasteiger partial charge in [0.05, 0.1) is 6.61 Å². The number of amides is 1. The Labute approximate surface area is 116 Å². The van der Waals surface area contributed by atoms with Crippen molar-refractivity contribution in [2.45, 2.75) is 32.0 Å². The summed E-state index contributed by atoms with van der Waals surface area (Å²) in [6, 6.07) is 2.25. The van der Waals surface area contributed by atoms with Crippen molar-refractivity contribution >= 4 is 17.5 Å². The molecular weight excluding hydrogens is 273 g/mol. The molecule has 0 saturated carbocycles. The molecule has 1 aromatic rings. The van der Waals surface area contributed by atoms with Crippen molar-refractivity contribution in [1.29, 1.82) is 0 Å². The normalized spacial score (nSPS) is 15.7. The fourth-order valence-corrected chi connectivity index (χ4v) is 2.20. The van der Waals surface area contributed by atoms with E-state index in [1.807, 2.05) is 0 Å². The van der Waals surface area contributed by atoms with Gasteiger partial charge in [-0.2, -0.15) is 0 Å². The van der Waals surface area contributed by atoms with Crippen molar-refractivity contribution in [3.8, 4) is 0 Å². The Balaban J connectivity index is 3.33. The number of aliphatic hydroxyl groups excluding tert-OH is 1. The molecule has 0 saturated heterocycles. The van der Waals surface area contributed by atoms with Gasteiger partial charge in [0.1, 0.15) is 11.4 Å². The number of carbonyl (C=O) groups is 1. The van der Waals surface area contributed by atoms with Gasteiger partial charge in [-0.25, -0.2) is 4.39 Å². The number of hydrogen-bond acceptors (Lipinski definition) is 3. The van der Waals surface area contributed by atoms with Crippen molar-refractivity contribution in [2.24, 2.45) is 0 Å². The van der Waals surface area contributed by atoms with Crippen molar-refractivity contribution < 1.29 is 19.4 Å². The van der Waals surface area contributed by atoms with Crippen molar-refractivity contribution in [2.75, 3.05) is 7.05 Å². The minimum absolute atomic E-state index is 0.0667. The molecule has 0 radical (unpaired) electrons. The predicted octanol–water partition coefficient (Wildman–Crippen LogP) is 1.57. The number of aliphatic hydroxyl groups is 2. The van der Waals surface area contributed by atoms with Crippen LogP contribution in [0.25, 0.3) is 0 Å². The van der Waals surface area contributed by atoms with E-state index in [2.05, 4.69) is 5.32 Å². The largest absolute Gasteiger partial charge is 0.392 e. The second kappa shape index (κ2) is 5.86. The minimum Gasteiger partial charge on any atom is -0.392 e. The molecule has 3 N–H and O–H groups in total. The summed E-state index contributed by atoms with van der Waals surface area (Å²) in [5.74, 6) is -1.91. The first-order valence-corrected chi connectivity index (χ1v) is 6.16. The predicted molar refractivity (Wildman–Crippen MR) is 70.4 cm³/mol. The molecule has 19 heavy (non-hydrogen) atoms. The number of nitrogens with one attached hydrogen (secondary N) is 1. The maximum atomic E-state index is 13.4. The van der Waals surface area contributed by atoms with E-state index in [0.717, 1.165) is 6.07 Å². The Morgan fingerprint density at radius 2 is 2.16 bits per heavy atom. The van der Waals surface area contributed by atoms with Crippen LogP contribution < -0.4 is 5.32 Å².